The van der Waals surface area contributed by atoms with E-state index in [0.29, 0.717) is 0 Å². The standard InChI is InChI=1S/C6H4BrN3O4/c7-8-6-4(9(11)12)2-1-3-5(6)10(13)14/h1-3,8H. The fraction of sp³-hybridized carbons (Fsp3) is 0. The average molecular weight is 262 g/mol. The molecule has 0 radical (unpaired) electrons. The van der Waals surface area contributed by atoms with Crippen molar-refractivity contribution in [3.8, 4) is 0 Å². The van der Waals surface area contributed by atoms with Crippen LogP contribution in [0.15, 0.2) is 18.2 Å². The first kappa shape index (κ1) is 10.4. The molecule has 0 fully saturated rings. The summed E-state index contributed by atoms with van der Waals surface area (Å²) in [5.74, 6) is 0. The zero-order valence-electron chi connectivity index (χ0n) is 6.64. The van der Waals surface area contributed by atoms with Crippen LogP contribution in [0.2, 0.25) is 0 Å². The van der Waals surface area contributed by atoms with Crippen molar-refractivity contribution in [3.63, 3.8) is 0 Å². The molecule has 0 aliphatic carbocycles. The van der Waals surface area contributed by atoms with Gasteiger partial charge in [-0.2, -0.15) is 0 Å². The van der Waals surface area contributed by atoms with Gasteiger partial charge in [0.2, 0.25) is 5.69 Å². The highest BCUT2D eigenvalue weighted by Crippen LogP contribution is 2.34. The van der Waals surface area contributed by atoms with E-state index in [2.05, 4.69) is 20.5 Å². The van der Waals surface area contributed by atoms with Gasteiger partial charge in [0.1, 0.15) is 0 Å². The van der Waals surface area contributed by atoms with Crippen LogP contribution in [0.3, 0.4) is 0 Å². The molecule has 74 valence electrons. The number of rotatable bonds is 3. The third-order valence-electron chi connectivity index (χ3n) is 1.51. The predicted molar refractivity (Wildman–Crippen MR) is 52.3 cm³/mol. The van der Waals surface area contributed by atoms with Crippen LogP contribution in [0.5, 0.6) is 0 Å². The number of nitrogens with one attached hydrogen (secondary N) is 1. The molecule has 7 nitrogen and oxygen atoms in total. The number of nitro benzene ring substituents is 2. The molecular formula is C6H4BrN3O4. The van der Waals surface area contributed by atoms with E-state index >= 15 is 0 Å². The first-order valence-corrected chi connectivity index (χ1v) is 4.15. The van der Waals surface area contributed by atoms with Crippen molar-refractivity contribution in [2.45, 2.75) is 0 Å². The average Bonchev–Trinajstić information content (AvgIpc) is 2.16. The summed E-state index contributed by atoms with van der Waals surface area (Å²) in [6.45, 7) is 0. The summed E-state index contributed by atoms with van der Waals surface area (Å²) in [6.07, 6.45) is 0. The molecule has 1 N–H and O–H groups in total. The summed E-state index contributed by atoms with van der Waals surface area (Å²) in [7, 11) is 0. The van der Waals surface area contributed by atoms with E-state index in [4.69, 9.17) is 0 Å². The highest BCUT2D eigenvalue weighted by atomic mass is 79.9. The second kappa shape index (κ2) is 4.01. The highest BCUT2D eigenvalue weighted by molar-refractivity contribution is 9.10. The summed E-state index contributed by atoms with van der Waals surface area (Å²) < 4.78 is 2.26. The highest BCUT2D eigenvalue weighted by Gasteiger charge is 2.23. The topological polar surface area (TPSA) is 98.3 Å². The van der Waals surface area contributed by atoms with E-state index in [0.717, 1.165) is 0 Å². The molecule has 0 bridgehead atoms. The van der Waals surface area contributed by atoms with Gasteiger partial charge in [-0.05, 0) is 6.07 Å². The molecule has 0 spiro atoms. The number of halogens is 1. The summed E-state index contributed by atoms with van der Waals surface area (Å²) in [5.41, 5.74) is -0.866. The normalized spacial score (nSPS) is 9.50. The molecule has 0 aromatic heterocycles. The Labute approximate surface area is 86.4 Å². The van der Waals surface area contributed by atoms with Crippen molar-refractivity contribution in [1.82, 2.24) is 0 Å². The van der Waals surface area contributed by atoms with E-state index in [1.807, 2.05) is 0 Å². The molecule has 0 atom stereocenters. The van der Waals surface area contributed by atoms with Gasteiger partial charge in [0.05, 0.1) is 9.85 Å². The van der Waals surface area contributed by atoms with Gasteiger partial charge in [-0.3, -0.25) is 20.2 Å². The van der Waals surface area contributed by atoms with Crippen LogP contribution in [0.25, 0.3) is 0 Å². The quantitative estimate of drug-likeness (QED) is 0.511. The molecule has 0 unspecified atom stereocenters. The van der Waals surface area contributed by atoms with Crippen LogP contribution in [0.1, 0.15) is 0 Å². The molecule has 0 saturated heterocycles. The number of nitrogens with zero attached hydrogens (tertiary/aromatic N) is 2. The monoisotopic (exact) mass is 261 g/mol. The van der Waals surface area contributed by atoms with Crippen molar-refractivity contribution in [2.24, 2.45) is 0 Å². The van der Waals surface area contributed by atoms with E-state index in [1.54, 1.807) is 0 Å². The zero-order valence-corrected chi connectivity index (χ0v) is 8.22. The van der Waals surface area contributed by atoms with Gasteiger partial charge in [0.15, 0.2) is 0 Å². The molecule has 0 aliphatic heterocycles. The van der Waals surface area contributed by atoms with Crippen LogP contribution in [-0.4, -0.2) is 9.85 Å². The van der Waals surface area contributed by atoms with E-state index < -0.39 is 9.85 Å². The summed E-state index contributed by atoms with van der Waals surface area (Å²) in [6, 6.07) is 3.61. The molecule has 0 amide bonds. The van der Waals surface area contributed by atoms with Crippen LogP contribution in [0.4, 0.5) is 17.1 Å². The minimum atomic E-state index is -0.698. The molecule has 1 aromatic rings. The van der Waals surface area contributed by atoms with E-state index in [1.165, 1.54) is 18.2 Å². The SMILES string of the molecule is O=[N+]([O-])c1cccc([N+](=O)[O-])c1NBr. The van der Waals surface area contributed by atoms with Crippen molar-refractivity contribution in [3.05, 3.63) is 38.4 Å². The van der Waals surface area contributed by atoms with Crippen LogP contribution in [0, 0.1) is 20.2 Å². The Balaban J connectivity index is 3.39. The van der Waals surface area contributed by atoms with Crippen molar-refractivity contribution in [1.29, 1.82) is 0 Å². The molecule has 1 rings (SSSR count). The Morgan fingerprint density at radius 1 is 1.14 bits per heavy atom. The molecule has 14 heavy (non-hydrogen) atoms. The lowest BCUT2D eigenvalue weighted by atomic mass is 10.2. The molecule has 0 saturated carbocycles. The first-order valence-electron chi connectivity index (χ1n) is 3.36. The molecule has 1 aromatic carbocycles. The van der Waals surface area contributed by atoms with E-state index in [-0.39, 0.29) is 17.1 Å². The predicted octanol–water partition coefficient (Wildman–Crippen LogP) is 2.22. The smallest absolute Gasteiger partial charge is 0.300 e. The van der Waals surface area contributed by atoms with Gasteiger partial charge in [-0.25, -0.2) is 0 Å². The molecular weight excluding hydrogens is 258 g/mol. The number of anilines is 1. The van der Waals surface area contributed by atoms with Crippen LogP contribution < -0.4 is 4.34 Å². The molecule has 8 heteroatoms. The fourth-order valence-corrected chi connectivity index (χ4v) is 1.34. The Morgan fingerprint density at radius 3 is 1.86 bits per heavy atom. The van der Waals surface area contributed by atoms with Gasteiger partial charge in [-0.15, -0.1) is 0 Å². The third kappa shape index (κ3) is 1.79. The Kier molecular flexibility index (Phi) is 2.97. The minimum absolute atomic E-state index is 0.164. The number of para-hydroxylation sites is 1. The minimum Gasteiger partial charge on any atom is -0.311 e. The number of hydrogen-bond donors (Lipinski definition) is 1. The summed E-state index contributed by atoms with van der Waals surface area (Å²) in [4.78, 5) is 19.6. The Morgan fingerprint density at radius 2 is 1.57 bits per heavy atom. The van der Waals surface area contributed by atoms with E-state index in [9.17, 15) is 20.2 Å². The lowest BCUT2D eigenvalue weighted by Crippen LogP contribution is -1.97. The van der Waals surface area contributed by atoms with Gasteiger partial charge in [0, 0.05) is 28.3 Å². The van der Waals surface area contributed by atoms with Crippen LogP contribution in [-0.2, 0) is 0 Å². The Bertz CT molecular complexity index is 362. The van der Waals surface area contributed by atoms with Gasteiger partial charge in [0.25, 0.3) is 11.4 Å². The second-order valence-electron chi connectivity index (χ2n) is 2.28. The number of benzene rings is 1. The van der Waals surface area contributed by atoms with Crippen molar-refractivity contribution < 1.29 is 9.85 Å². The molecule has 0 heterocycles. The lowest BCUT2D eigenvalue weighted by Gasteiger charge is -2.00. The third-order valence-corrected chi connectivity index (χ3v) is 1.90. The van der Waals surface area contributed by atoms with Gasteiger partial charge in [-0.1, -0.05) is 0 Å². The van der Waals surface area contributed by atoms with Gasteiger partial charge < -0.3 is 4.34 Å². The van der Waals surface area contributed by atoms with Gasteiger partial charge >= 0.3 is 0 Å². The zero-order chi connectivity index (χ0) is 10.7. The second-order valence-corrected chi connectivity index (χ2v) is 2.68. The number of hydrogen-bond acceptors (Lipinski definition) is 5. The first-order chi connectivity index (χ1) is 6.57. The summed E-state index contributed by atoms with van der Waals surface area (Å²) in [5, 5.41) is 21.0. The lowest BCUT2D eigenvalue weighted by molar-refractivity contribution is -0.392. The van der Waals surface area contributed by atoms with Crippen molar-refractivity contribution in [2.75, 3.05) is 4.34 Å². The Hall–Kier alpha value is -1.70. The largest absolute Gasteiger partial charge is 0.311 e. The summed E-state index contributed by atoms with van der Waals surface area (Å²) >= 11 is 2.74. The maximum atomic E-state index is 10.5. The van der Waals surface area contributed by atoms with Crippen LogP contribution >= 0.6 is 16.1 Å². The maximum absolute atomic E-state index is 10.5. The number of nitro groups is 2. The maximum Gasteiger partial charge on any atom is 0.300 e. The fourth-order valence-electron chi connectivity index (χ4n) is 0.929. The van der Waals surface area contributed by atoms with Crippen molar-refractivity contribution >= 4 is 33.2 Å². The molecule has 0 aliphatic rings.